The van der Waals surface area contributed by atoms with Gasteiger partial charge in [0.05, 0.1) is 0 Å². The van der Waals surface area contributed by atoms with Crippen LogP contribution < -0.4 is 5.32 Å². The lowest BCUT2D eigenvalue weighted by Crippen LogP contribution is -2.29. The summed E-state index contributed by atoms with van der Waals surface area (Å²) in [5, 5.41) is 11.3. The van der Waals surface area contributed by atoms with Gasteiger partial charge in [-0.25, -0.2) is 0 Å². The molecule has 0 unspecified atom stereocenters. The van der Waals surface area contributed by atoms with Crippen LogP contribution in [0.1, 0.15) is 13.3 Å². The van der Waals surface area contributed by atoms with Gasteiger partial charge in [0.1, 0.15) is 12.1 Å². The summed E-state index contributed by atoms with van der Waals surface area (Å²) in [7, 11) is 0. The summed E-state index contributed by atoms with van der Waals surface area (Å²) in [6.07, 6.45) is 0.0677. The second-order valence-electron chi connectivity index (χ2n) is 2.77. The molecule has 0 aromatic carbocycles. The predicted octanol–water partition coefficient (Wildman–Crippen LogP) is -0.635. The van der Waals surface area contributed by atoms with Crippen LogP contribution in [0.3, 0.4) is 0 Å². The molecular formula is C7H11NO4. The number of esters is 1. The van der Waals surface area contributed by atoms with E-state index in [1.165, 1.54) is 6.92 Å². The lowest BCUT2D eigenvalue weighted by molar-refractivity contribution is -0.146. The molecule has 0 aliphatic carbocycles. The molecule has 0 amide bonds. The summed E-state index contributed by atoms with van der Waals surface area (Å²) < 4.78 is 4.83. The molecule has 1 fully saturated rings. The van der Waals surface area contributed by atoms with E-state index < -0.39 is 12.0 Å². The Kier molecular flexibility index (Phi) is 2.65. The maximum atomic E-state index is 10.5. The third-order valence-electron chi connectivity index (χ3n) is 1.72. The number of carboxylic acids is 1. The normalized spacial score (nSPS) is 28.4. The van der Waals surface area contributed by atoms with Gasteiger partial charge in [0.15, 0.2) is 0 Å². The largest absolute Gasteiger partial charge is 0.480 e. The van der Waals surface area contributed by atoms with Crippen molar-refractivity contribution in [2.45, 2.75) is 25.5 Å². The van der Waals surface area contributed by atoms with Crippen LogP contribution >= 0.6 is 0 Å². The fraction of sp³-hybridized carbons (Fsp3) is 0.714. The van der Waals surface area contributed by atoms with Crippen LogP contribution in [0.25, 0.3) is 0 Å². The van der Waals surface area contributed by atoms with E-state index in [0.717, 1.165) is 0 Å². The molecule has 5 nitrogen and oxygen atoms in total. The van der Waals surface area contributed by atoms with Gasteiger partial charge in [0, 0.05) is 19.9 Å². The first-order chi connectivity index (χ1) is 5.59. The van der Waals surface area contributed by atoms with Crippen molar-refractivity contribution < 1.29 is 19.4 Å². The minimum Gasteiger partial charge on any atom is -0.480 e. The van der Waals surface area contributed by atoms with Crippen molar-refractivity contribution in [3.8, 4) is 0 Å². The van der Waals surface area contributed by atoms with E-state index in [-0.39, 0.29) is 12.1 Å². The Labute approximate surface area is 69.7 Å². The summed E-state index contributed by atoms with van der Waals surface area (Å²) in [6, 6.07) is -0.575. The monoisotopic (exact) mass is 173 g/mol. The highest BCUT2D eigenvalue weighted by Gasteiger charge is 2.30. The molecule has 0 aromatic heterocycles. The average molecular weight is 173 g/mol. The number of ether oxygens (including phenoxy) is 1. The first-order valence-electron chi connectivity index (χ1n) is 3.73. The van der Waals surface area contributed by atoms with E-state index in [1.807, 2.05) is 0 Å². The summed E-state index contributed by atoms with van der Waals surface area (Å²) >= 11 is 0. The number of rotatable bonds is 2. The van der Waals surface area contributed by atoms with Gasteiger partial charge in [-0.3, -0.25) is 9.59 Å². The molecule has 0 saturated carbocycles. The molecular weight excluding hydrogens is 162 g/mol. The number of nitrogens with one attached hydrogen (secondary N) is 1. The van der Waals surface area contributed by atoms with E-state index in [4.69, 9.17) is 9.84 Å². The van der Waals surface area contributed by atoms with Gasteiger partial charge in [0.25, 0.3) is 0 Å². The molecule has 2 N–H and O–H groups in total. The number of hydrogen-bond donors (Lipinski definition) is 2. The lowest BCUT2D eigenvalue weighted by atomic mass is 10.2. The van der Waals surface area contributed by atoms with Gasteiger partial charge in [-0.1, -0.05) is 0 Å². The van der Waals surface area contributed by atoms with Crippen molar-refractivity contribution in [1.82, 2.24) is 5.32 Å². The molecule has 1 heterocycles. The third-order valence-corrected chi connectivity index (χ3v) is 1.72. The molecule has 1 saturated heterocycles. The zero-order valence-corrected chi connectivity index (χ0v) is 6.74. The molecule has 0 aromatic rings. The molecule has 0 spiro atoms. The Balaban J connectivity index is 2.35. The fourth-order valence-corrected chi connectivity index (χ4v) is 1.22. The highest BCUT2D eigenvalue weighted by molar-refractivity contribution is 5.74. The summed E-state index contributed by atoms with van der Waals surface area (Å²) in [6.45, 7) is 1.74. The van der Waals surface area contributed by atoms with Crippen LogP contribution in [-0.2, 0) is 14.3 Å². The fourth-order valence-electron chi connectivity index (χ4n) is 1.22. The van der Waals surface area contributed by atoms with Gasteiger partial charge in [0.2, 0.25) is 0 Å². The maximum absolute atomic E-state index is 10.5. The molecule has 1 rings (SSSR count). The quantitative estimate of drug-likeness (QED) is 0.543. The molecule has 0 radical (unpaired) electrons. The van der Waals surface area contributed by atoms with Crippen molar-refractivity contribution in [1.29, 1.82) is 0 Å². The van der Waals surface area contributed by atoms with Crippen molar-refractivity contribution in [3.63, 3.8) is 0 Å². The van der Waals surface area contributed by atoms with Crippen molar-refractivity contribution in [3.05, 3.63) is 0 Å². The second-order valence-corrected chi connectivity index (χ2v) is 2.77. The van der Waals surface area contributed by atoms with Gasteiger partial charge in [-0.15, -0.1) is 0 Å². The third kappa shape index (κ3) is 2.20. The Morgan fingerprint density at radius 3 is 2.67 bits per heavy atom. The van der Waals surface area contributed by atoms with Gasteiger partial charge >= 0.3 is 11.9 Å². The smallest absolute Gasteiger partial charge is 0.320 e. The molecule has 1 aliphatic heterocycles. The van der Waals surface area contributed by atoms with Crippen molar-refractivity contribution in [2.75, 3.05) is 6.54 Å². The second kappa shape index (κ2) is 3.53. The molecule has 68 valence electrons. The summed E-state index contributed by atoms with van der Waals surface area (Å²) in [5.74, 6) is -1.27. The zero-order chi connectivity index (χ0) is 9.14. The van der Waals surface area contributed by atoms with Crippen molar-refractivity contribution >= 4 is 11.9 Å². The Morgan fingerprint density at radius 1 is 1.58 bits per heavy atom. The standard InChI is InChI=1S/C7H11NO4/c1-4(9)12-5-2-6(7(10)11)8-3-5/h5-6,8H,2-3H2,1H3,(H,10,11)/t5-,6-/m1/s1. The average Bonchev–Trinajstić information content (AvgIpc) is 2.34. The van der Waals surface area contributed by atoms with E-state index in [2.05, 4.69) is 5.32 Å². The van der Waals surface area contributed by atoms with Crippen molar-refractivity contribution in [2.24, 2.45) is 0 Å². The first-order valence-corrected chi connectivity index (χ1v) is 3.73. The minimum absolute atomic E-state index is 0.288. The highest BCUT2D eigenvalue weighted by Crippen LogP contribution is 2.10. The Hall–Kier alpha value is -1.10. The zero-order valence-electron chi connectivity index (χ0n) is 6.74. The molecule has 12 heavy (non-hydrogen) atoms. The SMILES string of the molecule is CC(=O)O[C@H]1CN[C@@H](C(=O)O)C1. The minimum atomic E-state index is -0.898. The molecule has 1 aliphatic rings. The molecule has 5 heteroatoms. The van der Waals surface area contributed by atoms with Crippen LogP contribution in [0.15, 0.2) is 0 Å². The van der Waals surface area contributed by atoms with E-state index >= 15 is 0 Å². The van der Waals surface area contributed by atoms with Crippen LogP contribution in [0.5, 0.6) is 0 Å². The van der Waals surface area contributed by atoms with Gasteiger partial charge in [-0.05, 0) is 0 Å². The number of aliphatic carboxylic acids is 1. The number of carbonyl (C=O) groups excluding carboxylic acids is 1. The van der Waals surface area contributed by atoms with Crippen LogP contribution in [-0.4, -0.2) is 35.7 Å². The van der Waals surface area contributed by atoms with Crippen LogP contribution in [0.4, 0.5) is 0 Å². The predicted molar refractivity (Wildman–Crippen MR) is 39.6 cm³/mol. The Bertz CT molecular complexity index is 204. The summed E-state index contributed by atoms with van der Waals surface area (Å²) in [5.41, 5.74) is 0. The van der Waals surface area contributed by atoms with Crippen LogP contribution in [0.2, 0.25) is 0 Å². The Morgan fingerprint density at radius 2 is 2.25 bits per heavy atom. The lowest BCUT2D eigenvalue weighted by Gasteiger charge is -2.07. The van der Waals surface area contributed by atoms with Gasteiger partial charge < -0.3 is 15.2 Å². The van der Waals surface area contributed by atoms with E-state index in [0.29, 0.717) is 13.0 Å². The number of carboxylic acid groups (broad SMARTS) is 1. The van der Waals surface area contributed by atoms with Gasteiger partial charge in [-0.2, -0.15) is 0 Å². The highest BCUT2D eigenvalue weighted by atomic mass is 16.5. The number of hydrogen-bond acceptors (Lipinski definition) is 4. The summed E-state index contributed by atoms with van der Waals surface area (Å²) in [4.78, 5) is 20.9. The topological polar surface area (TPSA) is 75.6 Å². The maximum Gasteiger partial charge on any atom is 0.320 e. The van der Waals surface area contributed by atoms with Crippen LogP contribution in [0, 0.1) is 0 Å². The molecule has 2 atom stereocenters. The first kappa shape index (κ1) is 8.99. The molecule has 0 bridgehead atoms. The number of carbonyl (C=O) groups is 2. The van der Waals surface area contributed by atoms with E-state index in [1.54, 1.807) is 0 Å². The van der Waals surface area contributed by atoms with E-state index in [9.17, 15) is 9.59 Å².